The number of hydrogen-bond donors (Lipinski definition) is 1. The minimum absolute atomic E-state index is 0.0725. The van der Waals surface area contributed by atoms with E-state index in [4.69, 9.17) is 43.1 Å². The minimum atomic E-state index is -0.843. The molecule has 4 rings (SSSR count). The third-order valence-electron chi connectivity index (χ3n) is 5.67. The predicted molar refractivity (Wildman–Crippen MR) is 134 cm³/mol. The molecule has 0 amide bonds. The normalized spacial score (nSPS) is 15.5. The summed E-state index contributed by atoms with van der Waals surface area (Å²) in [5, 5.41) is 10.5. The van der Waals surface area contributed by atoms with E-state index in [0.29, 0.717) is 32.7 Å². The summed E-state index contributed by atoms with van der Waals surface area (Å²) >= 11 is 12.9. The van der Waals surface area contributed by atoms with E-state index < -0.39 is 18.0 Å². The summed E-state index contributed by atoms with van der Waals surface area (Å²) in [6, 6.07) is 19.6. The van der Waals surface area contributed by atoms with Crippen molar-refractivity contribution in [1.29, 1.82) is 5.26 Å². The van der Waals surface area contributed by atoms with Gasteiger partial charge in [-0.25, -0.2) is 4.79 Å². The number of halogens is 2. The fraction of sp³-hybridized carbons (Fsp3) is 0.185. The number of hydrogen-bond acceptors (Lipinski definition) is 6. The van der Waals surface area contributed by atoms with Gasteiger partial charge in [-0.3, -0.25) is 0 Å². The maximum Gasteiger partial charge on any atom is 0.352 e. The van der Waals surface area contributed by atoms with E-state index in [-0.39, 0.29) is 17.2 Å². The Balaban J connectivity index is 1.58. The number of nitrogens with two attached hydrogens (primary N) is 1. The standard InChI is InChI=1S/C27H22Cl2N2O4/c1-3-16-7-9-17(10-8-16)33-15(2)27(32)34-18-11-12-19-23(13-18)35-26(31)20(14-30)24(19)25-21(28)5-4-6-22(25)29/h4-13,15,24H,3,31H2,1-2H3. The highest BCUT2D eigenvalue weighted by Gasteiger charge is 2.34. The van der Waals surface area contributed by atoms with Gasteiger partial charge in [-0.05, 0) is 49.2 Å². The summed E-state index contributed by atoms with van der Waals surface area (Å²) in [5.41, 5.74) is 8.58. The molecule has 6 nitrogen and oxygen atoms in total. The maximum atomic E-state index is 12.6. The molecule has 2 N–H and O–H groups in total. The summed E-state index contributed by atoms with van der Waals surface area (Å²) in [6.07, 6.45) is 0.0708. The van der Waals surface area contributed by atoms with E-state index in [1.54, 1.807) is 37.3 Å². The van der Waals surface area contributed by atoms with Crippen LogP contribution >= 0.6 is 23.2 Å². The van der Waals surface area contributed by atoms with Crippen molar-refractivity contribution in [2.45, 2.75) is 32.3 Å². The Hall–Kier alpha value is -3.66. The van der Waals surface area contributed by atoms with E-state index in [1.807, 2.05) is 24.3 Å². The molecule has 0 saturated heterocycles. The number of fused-ring (bicyclic) bond motifs is 1. The van der Waals surface area contributed by atoms with Gasteiger partial charge in [-0.15, -0.1) is 0 Å². The van der Waals surface area contributed by atoms with Gasteiger partial charge in [0.2, 0.25) is 5.88 Å². The lowest BCUT2D eigenvalue weighted by molar-refractivity contribution is -0.141. The second kappa shape index (κ2) is 10.3. The quantitative estimate of drug-likeness (QED) is 0.317. The van der Waals surface area contributed by atoms with E-state index >= 15 is 0 Å². The highest BCUT2D eigenvalue weighted by atomic mass is 35.5. The minimum Gasteiger partial charge on any atom is -0.479 e. The van der Waals surface area contributed by atoms with Gasteiger partial charge in [-0.1, -0.05) is 54.4 Å². The van der Waals surface area contributed by atoms with Crippen molar-refractivity contribution in [2.75, 3.05) is 0 Å². The number of esters is 1. The van der Waals surface area contributed by atoms with Crippen molar-refractivity contribution in [3.05, 3.63) is 98.9 Å². The molecule has 0 spiro atoms. The number of ether oxygens (including phenoxy) is 3. The lowest BCUT2D eigenvalue weighted by atomic mass is 9.83. The van der Waals surface area contributed by atoms with Crippen molar-refractivity contribution >= 4 is 29.2 Å². The van der Waals surface area contributed by atoms with E-state index in [2.05, 4.69) is 13.0 Å². The van der Waals surface area contributed by atoms with Gasteiger partial charge in [-0.2, -0.15) is 5.26 Å². The van der Waals surface area contributed by atoms with Crippen LogP contribution in [0.15, 0.2) is 72.1 Å². The predicted octanol–water partition coefficient (Wildman–Crippen LogP) is 6.15. The molecule has 0 bridgehead atoms. The lowest BCUT2D eigenvalue weighted by Crippen LogP contribution is -2.28. The number of benzene rings is 3. The highest BCUT2D eigenvalue weighted by molar-refractivity contribution is 6.36. The molecule has 2 atom stereocenters. The molecule has 2 unspecified atom stereocenters. The zero-order chi connectivity index (χ0) is 25.1. The number of allylic oxidation sites excluding steroid dienone is 1. The second-order valence-electron chi connectivity index (χ2n) is 7.94. The molecule has 35 heavy (non-hydrogen) atoms. The molecule has 8 heteroatoms. The summed E-state index contributed by atoms with van der Waals surface area (Å²) < 4.78 is 16.9. The molecule has 0 aromatic heterocycles. The number of aryl methyl sites for hydroxylation is 1. The molecule has 178 valence electrons. The SMILES string of the molecule is CCc1ccc(OC(C)C(=O)Oc2ccc3c(c2)OC(N)=C(C#N)C3c2c(Cl)cccc2Cl)cc1. The summed E-state index contributed by atoms with van der Waals surface area (Å²) in [4.78, 5) is 12.6. The largest absolute Gasteiger partial charge is 0.479 e. The highest BCUT2D eigenvalue weighted by Crippen LogP contribution is 2.47. The Morgan fingerprint density at radius 2 is 1.77 bits per heavy atom. The Bertz CT molecular complexity index is 1330. The summed E-state index contributed by atoms with van der Waals surface area (Å²) in [6.45, 7) is 3.67. The third kappa shape index (κ3) is 5.07. The Morgan fingerprint density at radius 3 is 2.40 bits per heavy atom. The molecular weight excluding hydrogens is 487 g/mol. The number of nitrogens with zero attached hydrogens (tertiary/aromatic N) is 1. The lowest BCUT2D eigenvalue weighted by Gasteiger charge is -2.28. The topological polar surface area (TPSA) is 94.6 Å². The molecule has 0 fully saturated rings. The first-order chi connectivity index (χ1) is 16.8. The van der Waals surface area contributed by atoms with Gasteiger partial charge in [0.15, 0.2) is 6.10 Å². The molecule has 1 aliphatic rings. The number of carbonyl (C=O) groups is 1. The van der Waals surface area contributed by atoms with Gasteiger partial charge in [0, 0.05) is 27.2 Å². The van der Waals surface area contributed by atoms with Crippen LogP contribution in [0.1, 0.15) is 36.5 Å². The molecule has 0 radical (unpaired) electrons. The van der Waals surface area contributed by atoms with E-state index in [0.717, 1.165) is 6.42 Å². The molecular formula is C27H22Cl2N2O4. The van der Waals surface area contributed by atoms with Gasteiger partial charge in [0.1, 0.15) is 28.9 Å². The zero-order valence-electron chi connectivity index (χ0n) is 19.0. The molecule has 0 saturated carbocycles. The number of nitriles is 1. The van der Waals surface area contributed by atoms with Crippen LogP contribution in [-0.4, -0.2) is 12.1 Å². The van der Waals surface area contributed by atoms with Gasteiger partial charge in [0.25, 0.3) is 0 Å². The van der Waals surface area contributed by atoms with Crippen LogP contribution in [0.5, 0.6) is 17.2 Å². The van der Waals surface area contributed by atoms with Gasteiger partial charge >= 0.3 is 5.97 Å². The third-order valence-corrected chi connectivity index (χ3v) is 6.33. The van der Waals surface area contributed by atoms with Crippen LogP contribution in [0.4, 0.5) is 0 Å². The van der Waals surface area contributed by atoms with Crippen LogP contribution in [0.25, 0.3) is 0 Å². The molecule has 1 heterocycles. The van der Waals surface area contributed by atoms with E-state index in [1.165, 1.54) is 11.6 Å². The Labute approximate surface area is 213 Å². The van der Waals surface area contributed by atoms with Crippen LogP contribution in [0, 0.1) is 11.3 Å². The smallest absolute Gasteiger partial charge is 0.352 e. The second-order valence-corrected chi connectivity index (χ2v) is 8.75. The molecule has 0 aliphatic carbocycles. The van der Waals surface area contributed by atoms with Crippen molar-refractivity contribution in [1.82, 2.24) is 0 Å². The van der Waals surface area contributed by atoms with Crippen molar-refractivity contribution < 1.29 is 19.0 Å². The Kier molecular flexibility index (Phi) is 7.20. The van der Waals surface area contributed by atoms with Crippen LogP contribution < -0.4 is 19.9 Å². The number of rotatable bonds is 6. The first-order valence-corrected chi connectivity index (χ1v) is 11.7. The number of carbonyl (C=O) groups excluding carboxylic acids is 1. The average molecular weight is 509 g/mol. The van der Waals surface area contributed by atoms with Crippen molar-refractivity contribution in [3.63, 3.8) is 0 Å². The maximum absolute atomic E-state index is 12.6. The van der Waals surface area contributed by atoms with Crippen LogP contribution in [-0.2, 0) is 11.2 Å². The Morgan fingerprint density at radius 1 is 1.11 bits per heavy atom. The summed E-state index contributed by atoms with van der Waals surface area (Å²) in [7, 11) is 0. The average Bonchev–Trinajstić information content (AvgIpc) is 2.84. The molecule has 3 aromatic rings. The van der Waals surface area contributed by atoms with Crippen LogP contribution in [0.2, 0.25) is 10.0 Å². The fourth-order valence-electron chi connectivity index (χ4n) is 3.84. The first kappa shape index (κ1) is 24.5. The first-order valence-electron chi connectivity index (χ1n) is 10.9. The van der Waals surface area contributed by atoms with Gasteiger partial charge < -0.3 is 19.9 Å². The monoisotopic (exact) mass is 508 g/mol. The summed E-state index contributed by atoms with van der Waals surface area (Å²) in [5.74, 6) is -0.145. The zero-order valence-corrected chi connectivity index (χ0v) is 20.6. The van der Waals surface area contributed by atoms with Crippen molar-refractivity contribution in [2.24, 2.45) is 5.73 Å². The van der Waals surface area contributed by atoms with Crippen LogP contribution in [0.3, 0.4) is 0 Å². The van der Waals surface area contributed by atoms with Crippen molar-refractivity contribution in [3.8, 4) is 23.3 Å². The fourth-order valence-corrected chi connectivity index (χ4v) is 4.45. The van der Waals surface area contributed by atoms with Gasteiger partial charge in [0.05, 0.1) is 5.92 Å². The molecule has 1 aliphatic heterocycles. The van der Waals surface area contributed by atoms with E-state index in [9.17, 15) is 10.1 Å². The molecule has 3 aromatic carbocycles.